The van der Waals surface area contributed by atoms with Gasteiger partial charge in [0.15, 0.2) is 0 Å². The van der Waals surface area contributed by atoms with Gasteiger partial charge < -0.3 is 4.74 Å². The molecule has 0 spiro atoms. The molecule has 0 radical (unpaired) electrons. The van der Waals surface area contributed by atoms with E-state index in [0.717, 1.165) is 36.3 Å². The van der Waals surface area contributed by atoms with Gasteiger partial charge in [-0.3, -0.25) is 0 Å². The van der Waals surface area contributed by atoms with Crippen molar-refractivity contribution in [2.75, 3.05) is 6.61 Å². The fourth-order valence-corrected chi connectivity index (χ4v) is 3.54. The number of hydrogen-bond donors (Lipinski definition) is 1. The molecule has 0 aliphatic carbocycles. The lowest BCUT2D eigenvalue weighted by Gasteiger charge is -2.18. The molecule has 6 heteroatoms. The predicted molar refractivity (Wildman–Crippen MR) is 85.7 cm³/mol. The molecule has 2 aromatic rings. The summed E-state index contributed by atoms with van der Waals surface area (Å²) in [7, 11) is -3.54. The van der Waals surface area contributed by atoms with E-state index in [0.29, 0.717) is 5.02 Å². The summed E-state index contributed by atoms with van der Waals surface area (Å²) in [6, 6.07) is 11.9. The number of rotatable bonds is 4. The summed E-state index contributed by atoms with van der Waals surface area (Å²) in [6.45, 7) is 0.994. The van der Waals surface area contributed by atoms with Crippen molar-refractivity contribution in [2.24, 2.45) is 0 Å². The first kappa shape index (κ1) is 15.3. The quantitative estimate of drug-likeness (QED) is 0.932. The van der Waals surface area contributed by atoms with Crippen LogP contribution in [0.1, 0.15) is 17.5 Å². The topological polar surface area (TPSA) is 55.4 Å². The van der Waals surface area contributed by atoms with Crippen molar-refractivity contribution in [1.82, 2.24) is 4.72 Å². The molecule has 1 aliphatic heterocycles. The number of aryl methyl sites for hydroxylation is 1. The molecule has 1 heterocycles. The van der Waals surface area contributed by atoms with E-state index in [1.807, 2.05) is 18.2 Å². The van der Waals surface area contributed by atoms with Crippen LogP contribution in [0.2, 0.25) is 5.02 Å². The van der Waals surface area contributed by atoms with Gasteiger partial charge in [-0.25, -0.2) is 13.1 Å². The summed E-state index contributed by atoms with van der Waals surface area (Å²) in [5, 5.41) is 0.508. The first-order valence-corrected chi connectivity index (χ1v) is 8.90. The van der Waals surface area contributed by atoms with Gasteiger partial charge in [-0.15, -0.1) is 0 Å². The Hall–Kier alpha value is -1.56. The Morgan fingerprint density at radius 1 is 1.14 bits per heavy atom. The lowest BCUT2D eigenvalue weighted by Crippen LogP contribution is -2.23. The van der Waals surface area contributed by atoms with Crippen LogP contribution in [-0.4, -0.2) is 15.0 Å². The monoisotopic (exact) mass is 337 g/mol. The first-order chi connectivity index (χ1) is 10.5. The molecular formula is C16H16ClNO3S. The molecule has 116 valence electrons. The lowest BCUT2D eigenvalue weighted by atomic mass is 10.0. The van der Waals surface area contributed by atoms with E-state index >= 15 is 0 Å². The Bertz CT molecular complexity index is 772. The molecule has 1 aliphatic rings. The molecule has 0 atom stereocenters. The highest BCUT2D eigenvalue weighted by molar-refractivity contribution is 7.89. The van der Waals surface area contributed by atoms with Gasteiger partial charge in [0.1, 0.15) is 5.75 Å². The van der Waals surface area contributed by atoms with Gasteiger partial charge in [0.25, 0.3) is 0 Å². The number of nitrogens with one attached hydrogen (secondary N) is 1. The molecule has 1 N–H and O–H groups in total. The van der Waals surface area contributed by atoms with Crippen LogP contribution in [0.5, 0.6) is 5.75 Å². The van der Waals surface area contributed by atoms with Gasteiger partial charge in [0.05, 0.1) is 11.5 Å². The number of hydrogen-bond acceptors (Lipinski definition) is 3. The van der Waals surface area contributed by atoms with Crippen LogP contribution >= 0.6 is 11.6 Å². The van der Waals surface area contributed by atoms with E-state index in [4.69, 9.17) is 16.3 Å². The van der Waals surface area contributed by atoms with E-state index in [9.17, 15) is 8.42 Å². The van der Waals surface area contributed by atoms with Crippen LogP contribution in [0.25, 0.3) is 0 Å². The SMILES string of the molecule is O=S(=O)(NCc1ccc2c(c1)CCCO2)c1ccc(Cl)cc1. The molecule has 0 unspecified atom stereocenters. The molecule has 0 amide bonds. The Morgan fingerprint density at radius 3 is 2.68 bits per heavy atom. The summed E-state index contributed by atoms with van der Waals surface area (Å²) in [5.41, 5.74) is 2.05. The van der Waals surface area contributed by atoms with E-state index in [1.165, 1.54) is 12.1 Å². The summed E-state index contributed by atoms with van der Waals surface area (Å²) >= 11 is 5.78. The highest BCUT2D eigenvalue weighted by Gasteiger charge is 2.15. The lowest BCUT2D eigenvalue weighted by molar-refractivity contribution is 0.288. The van der Waals surface area contributed by atoms with Crippen LogP contribution in [-0.2, 0) is 23.0 Å². The molecule has 4 nitrogen and oxygen atoms in total. The zero-order valence-electron chi connectivity index (χ0n) is 11.9. The van der Waals surface area contributed by atoms with Crippen LogP contribution < -0.4 is 9.46 Å². The maximum Gasteiger partial charge on any atom is 0.240 e. The Kier molecular flexibility index (Phi) is 4.38. The van der Waals surface area contributed by atoms with E-state index < -0.39 is 10.0 Å². The zero-order valence-corrected chi connectivity index (χ0v) is 13.5. The average molecular weight is 338 g/mol. The number of fused-ring (bicyclic) bond motifs is 1. The second kappa shape index (κ2) is 6.28. The maximum absolute atomic E-state index is 12.2. The molecule has 0 saturated carbocycles. The third-order valence-corrected chi connectivity index (χ3v) is 5.23. The van der Waals surface area contributed by atoms with Crippen molar-refractivity contribution < 1.29 is 13.2 Å². The number of benzene rings is 2. The van der Waals surface area contributed by atoms with Crippen molar-refractivity contribution >= 4 is 21.6 Å². The van der Waals surface area contributed by atoms with Crippen molar-refractivity contribution in [2.45, 2.75) is 24.3 Å². The fraction of sp³-hybridized carbons (Fsp3) is 0.250. The van der Waals surface area contributed by atoms with Crippen molar-refractivity contribution in [3.63, 3.8) is 0 Å². The van der Waals surface area contributed by atoms with Gasteiger partial charge >= 0.3 is 0 Å². The van der Waals surface area contributed by atoms with Gasteiger partial charge in [0, 0.05) is 11.6 Å². The molecule has 0 fully saturated rings. The van der Waals surface area contributed by atoms with Gasteiger partial charge in [-0.1, -0.05) is 23.7 Å². The van der Waals surface area contributed by atoms with Crippen LogP contribution in [0.15, 0.2) is 47.4 Å². The van der Waals surface area contributed by atoms with Crippen LogP contribution in [0.4, 0.5) is 0 Å². The minimum Gasteiger partial charge on any atom is -0.493 e. The minimum absolute atomic E-state index is 0.207. The van der Waals surface area contributed by atoms with Crippen molar-refractivity contribution in [3.05, 3.63) is 58.6 Å². The van der Waals surface area contributed by atoms with Crippen LogP contribution in [0, 0.1) is 0 Å². The van der Waals surface area contributed by atoms with E-state index in [2.05, 4.69) is 4.72 Å². The molecule has 3 rings (SSSR count). The Morgan fingerprint density at radius 2 is 1.91 bits per heavy atom. The highest BCUT2D eigenvalue weighted by Crippen LogP contribution is 2.25. The van der Waals surface area contributed by atoms with Gasteiger partial charge in [0.2, 0.25) is 10.0 Å². The number of halogens is 1. The number of ether oxygens (including phenoxy) is 1. The molecule has 2 aromatic carbocycles. The standard InChI is InChI=1S/C16H16ClNO3S/c17-14-4-6-15(7-5-14)22(19,20)18-11-12-3-8-16-13(10-12)2-1-9-21-16/h3-8,10,18H,1-2,9,11H2. The molecular weight excluding hydrogens is 322 g/mol. The van der Waals surface area contributed by atoms with Crippen molar-refractivity contribution in [1.29, 1.82) is 0 Å². The largest absolute Gasteiger partial charge is 0.493 e. The van der Waals surface area contributed by atoms with Crippen LogP contribution in [0.3, 0.4) is 0 Å². The van der Waals surface area contributed by atoms with Gasteiger partial charge in [-0.05, 0) is 54.3 Å². The third-order valence-electron chi connectivity index (χ3n) is 3.56. The predicted octanol–water partition coefficient (Wildman–Crippen LogP) is 3.14. The molecule has 0 saturated heterocycles. The smallest absolute Gasteiger partial charge is 0.240 e. The minimum atomic E-state index is -3.54. The summed E-state index contributed by atoms with van der Waals surface area (Å²) in [6.07, 6.45) is 1.96. The van der Waals surface area contributed by atoms with E-state index in [-0.39, 0.29) is 11.4 Å². The fourth-order valence-electron chi connectivity index (χ4n) is 2.40. The third kappa shape index (κ3) is 3.43. The highest BCUT2D eigenvalue weighted by atomic mass is 35.5. The van der Waals surface area contributed by atoms with Crippen molar-refractivity contribution in [3.8, 4) is 5.75 Å². The summed E-state index contributed by atoms with van der Waals surface area (Å²) < 4.78 is 32.6. The molecule has 0 aromatic heterocycles. The number of sulfonamides is 1. The second-order valence-electron chi connectivity index (χ2n) is 5.17. The molecule has 0 bridgehead atoms. The molecule has 22 heavy (non-hydrogen) atoms. The normalized spacial score (nSPS) is 14.2. The summed E-state index contributed by atoms with van der Waals surface area (Å²) in [5.74, 6) is 0.899. The zero-order chi connectivity index (χ0) is 15.6. The Balaban J connectivity index is 1.73. The average Bonchev–Trinajstić information content (AvgIpc) is 2.53. The maximum atomic E-state index is 12.2. The summed E-state index contributed by atoms with van der Waals surface area (Å²) in [4.78, 5) is 0.207. The first-order valence-electron chi connectivity index (χ1n) is 7.04. The second-order valence-corrected chi connectivity index (χ2v) is 7.38. The Labute approximate surface area is 135 Å². The van der Waals surface area contributed by atoms with Gasteiger partial charge in [-0.2, -0.15) is 0 Å². The van der Waals surface area contributed by atoms with E-state index in [1.54, 1.807) is 12.1 Å².